The van der Waals surface area contributed by atoms with Gasteiger partial charge in [0.25, 0.3) is 0 Å². The van der Waals surface area contributed by atoms with E-state index in [1.165, 1.54) is 11.8 Å². The van der Waals surface area contributed by atoms with Gasteiger partial charge in [-0.2, -0.15) is 0 Å². The molecule has 2 aromatic rings. The first-order chi connectivity index (χ1) is 12.1. The molecule has 0 saturated heterocycles. The topological polar surface area (TPSA) is 67.4 Å². The summed E-state index contributed by atoms with van der Waals surface area (Å²) in [5, 5.41) is 4.71. The van der Waals surface area contributed by atoms with Gasteiger partial charge in [-0.3, -0.25) is 10.1 Å². The number of rotatable bonds is 7. The summed E-state index contributed by atoms with van der Waals surface area (Å²) in [6, 6.07) is 16.8. The third kappa shape index (κ3) is 6.51. The van der Waals surface area contributed by atoms with Crippen molar-refractivity contribution in [3.8, 4) is 5.75 Å². The van der Waals surface area contributed by atoms with Crippen molar-refractivity contribution in [1.29, 1.82) is 0 Å². The quantitative estimate of drug-likeness (QED) is 0.797. The molecule has 0 bridgehead atoms. The van der Waals surface area contributed by atoms with Gasteiger partial charge >= 0.3 is 6.03 Å². The van der Waals surface area contributed by atoms with Crippen molar-refractivity contribution in [2.45, 2.75) is 24.5 Å². The minimum absolute atomic E-state index is 0.307. The molecule has 0 aliphatic heterocycles. The van der Waals surface area contributed by atoms with Gasteiger partial charge in [-0.15, -0.1) is 11.8 Å². The fraction of sp³-hybridized carbons (Fsp3) is 0.263. The molecule has 3 amide bonds. The van der Waals surface area contributed by atoms with Crippen molar-refractivity contribution in [1.82, 2.24) is 10.6 Å². The maximum Gasteiger partial charge on any atom is 0.321 e. The van der Waals surface area contributed by atoms with Crippen molar-refractivity contribution >= 4 is 23.7 Å². The third-order valence-electron chi connectivity index (χ3n) is 3.54. The fourth-order valence-corrected chi connectivity index (χ4v) is 2.93. The average molecular weight is 358 g/mol. The van der Waals surface area contributed by atoms with Gasteiger partial charge in [0.15, 0.2) is 0 Å². The molecule has 5 nitrogen and oxygen atoms in total. The number of nitrogens with one attached hydrogen (secondary N) is 2. The van der Waals surface area contributed by atoms with Crippen LogP contribution in [-0.4, -0.2) is 24.3 Å². The molecule has 2 rings (SSSR count). The van der Waals surface area contributed by atoms with E-state index < -0.39 is 6.03 Å². The number of imide groups is 1. The van der Waals surface area contributed by atoms with Crippen LogP contribution in [0.5, 0.6) is 5.75 Å². The van der Waals surface area contributed by atoms with Gasteiger partial charge in [0.2, 0.25) is 5.91 Å². The van der Waals surface area contributed by atoms with Crippen molar-refractivity contribution in [3.05, 3.63) is 65.7 Å². The number of amides is 3. The van der Waals surface area contributed by atoms with E-state index in [4.69, 9.17) is 4.74 Å². The molecule has 0 fully saturated rings. The predicted octanol–water partition coefficient (Wildman–Crippen LogP) is 3.34. The lowest BCUT2D eigenvalue weighted by atomic mass is 10.2. The van der Waals surface area contributed by atoms with Crippen LogP contribution >= 0.6 is 11.8 Å². The van der Waals surface area contributed by atoms with Crippen molar-refractivity contribution < 1.29 is 14.3 Å². The Kier molecular flexibility index (Phi) is 7.35. The number of thioether (sulfide) groups is 1. The van der Waals surface area contributed by atoms with E-state index in [2.05, 4.69) is 10.6 Å². The number of ether oxygens (including phenoxy) is 1. The van der Waals surface area contributed by atoms with Crippen LogP contribution in [0.2, 0.25) is 0 Å². The van der Waals surface area contributed by atoms with E-state index in [0.717, 1.165) is 16.9 Å². The zero-order valence-electron chi connectivity index (χ0n) is 14.3. The van der Waals surface area contributed by atoms with Crippen LogP contribution in [0, 0.1) is 0 Å². The Balaban J connectivity index is 1.74. The summed E-state index contributed by atoms with van der Waals surface area (Å²) in [4.78, 5) is 23.9. The molecule has 0 heterocycles. The summed E-state index contributed by atoms with van der Waals surface area (Å²) in [5.41, 5.74) is 2.04. The Morgan fingerprint density at radius 2 is 1.80 bits per heavy atom. The molecule has 2 aromatic carbocycles. The number of carbonyl (C=O) groups excluding carboxylic acids is 2. The van der Waals surface area contributed by atoms with Gasteiger partial charge in [-0.1, -0.05) is 42.5 Å². The second-order valence-corrected chi connectivity index (χ2v) is 6.79. The monoisotopic (exact) mass is 358 g/mol. The first-order valence-electron chi connectivity index (χ1n) is 7.95. The summed E-state index contributed by atoms with van der Waals surface area (Å²) >= 11 is 1.47. The molecule has 25 heavy (non-hydrogen) atoms. The SMILES string of the molecule is COc1cccc(CSC(C)C(=O)NC(=O)NCc2ccccc2)c1. The molecule has 2 N–H and O–H groups in total. The van der Waals surface area contributed by atoms with E-state index in [1.54, 1.807) is 14.0 Å². The van der Waals surface area contributed by atoms with Crippen molar-refractivity contribution in [2.24, 2.45) is 0 Å². The van der Waals surface area contributed by atoms with Crippen LogP contribution in [0.1, 0.15) is 18.1 Å². The first kappa shape index (κ1) is 18.9. The summed E-state index contributed by atoms with van der Waals surface area (Å²) in [6.07, 6.45) is 0. The summed E-state index contributed by atoms with van der Waals surface area (Å²) < 4.78 is 5.18. The molecule has 0 aliphatic carbocycles. The van der Waals surface area contributed by atoms with Crippen LogP contribution in [0.3, 0.4) is 0 Å². The number of hydrogen-bond acceptors (Lipinski definition) is 4. The summed E-state index contributed by atoms with van der Waals surface area (Å²) in [7, 11) is 1.62. The second-order valence-electron chi connectivity index (χ2n) is 5.46. The van der Waals surface area contributed by atoms with Gasteiger partial charge < -0.3 is 10.1 Å². The van der Waals surface area contributed by atoms with E-state index in [1.807, 2.05) is 54.6 Å². The van der Waals surface area contributed by atoms with Crippen LogP contribution in [0.15, 0.2) is 54.6 Å². The fourth-order valence-electron chi connectivity index (χ4n) is 2.10. The van der Waals surface area contributed by atoms with Crippen LogP contribution in [0.4, 0.5) is 4.79 Å². The molecule has 1 atom stereocenters. The van der Waals surface area contributed by atoms with E-state index in [0.29, 0.717) is 12.3 Å². The molecule has 1 unspecified atom stereocenters. The first-order valence-corrected chi connectivity index (χ1v) is 9.00. The lowest BCUT2D eigenvalue weighted by Crippen LogP contribution is -2.42. The number of hydrogen-bond donors (Lipinski definition) is 2. The molecule has 0 radical (unpaired) electrons. The average Bonchev–Trinajstić information content (AvgIpc) is 2.65. The minimum Gasteiger partial charge on any atom is -0.497 e. The Morgan fingerprint density at radius 1 is 1.08 bits per heavy atom. The van der Waals surface area contributed by atoms with Crippen LogP contribution in [-0.2, 0) is 17.1 Å². The predicted molar refractivity (Wildman–Crippen MR) is 101 cm³/mol. The highest BCUT2D eigenvalue weighted by atomic mass is 32.2. The second kappa shape index (κ2) is 9.74. The highest BCUT2D eigenvalue weighted by Crippen LogP contribution is 2.21. The summed E-state index contributed by atoms with van der Waals surface area (Å²) in [5.74, 6) is 1.14. The number of methoxy groups -OCH3 is 1. The standard InChI is InChI=1S/C19H22N2O3S/c1-14(25-13-16-9-6-10-17(11-16)24-2)18(22)21-19(23)20-12-15-7-4-3-5-8-15/h3-11,14H,12-13H2,1-2H3,(H2,20,21,22,23). The van der Waals surface area contributed by atoms with Gasteiger partial charge in [-0.25, -0.2) is 4.79 Å². The Morgan fingerprint density at radius 3 is 2.52 bits per heavy atom. The normalized spacial score (nSPS) is 11.4. The van der Waals surface area contributed by atoms with Gasteiger partial charge in [-0.05, 0) is 30.2 Å². The van der Waals surface area contributed by atoms with Gasteiger partial charge in [0.1, 0.15) is 5.75 Å². The van der Waals surface area contributed by atoms with Crippen molar-refractivity contribution in [2.75, 3.05) is 7.11 Å². The Labute approximate surface area is 152 Å². The molecule has 0 aromatic heterocycles. The molecule has 6 heteroatoms. The zero-order chi connectivity index (χ0) is 18.1. The van der Waals surface area contributed by atoms with E-state index in [-0.39, 0.29) is 11.2 Å². The molecule has 0 spiro atoms. The zero-order valence-corrected chi connectivity index (χ0v) is 15.1. The van der Waals surface area contributed by atoms with Crippen LogP contribution < -0.4 is 15.4 Å². The lowest BCUT2D eigenvalue weighted by molar-refractivity contribution is -0.119. The number of carbonyl (C=O) groups is 2. The molecule has 132 valence electrons. The highest BCUT2D eigenvalue weighted by Gasteiger charge is 2.16. The van der Waals surface area contributed by atoms with Crippen LogP contribution in [0.25, 0.3) is 0 Å². The third-order valence-corrected chi connectivity index (χ3v) is 4.75. The smallest absolute Gasteiger partial charge is 0.321 e. The van der Waals surface area contributed by atoms with E-state index in [9.17, 15) is 9.59 Å². The molecular weight excluding hydrogens is 336 g/mol. The molecule has 0 saturated carbocycles. The van der Waals surface area contributed by atoms with Crippen molar-refractivity contribution in [3.63, 3.8) is 0 Å². The van der Waals surface area contributed by atoms with Gasteiger partial charge in [0.05, 0.1) is 12.4 Å². The summed E-state index contributed by atoms with van der Waals surface area (Å²) in [6.45, 7) is 2.16. The lowest BCUT2D eigenvalue weighted by Gasteiger charge is -2.12. The Hall–Kier alpha value is -2.47. The minimum atomic E-state index is -0.484. The highest BCUT2D eigenvalue weighted by molar-refractivity contribution is 7.99. The number of urea groups is 1. The molecular formula is C19H22N2O3S. The van der Waals surface area contributed by atoms with Gasteiger partial charge in [0, 0.05) is 12.3 Å². The number of benzene rings is 2. The maximum atomic E-state index is 12.1. The molecule has 0 aliphatic rings. The largest absolute Gasteiger partial charge is 0.497 e. The Bertz CT molecular complexity index is 707. The maximum absolute atomic E-state index is 12.1. The van der Waals surface area contributed by atoms with E-state index >= 15 is 0 Å².